The molecule has 26 heavy (non-hydrogen) atoms. The fourth-order valence-corrected chi connectivity index (χ4v) is 2.98. The lowest BCUT2D eigenvalue weighted by Crippen LogP contribution is -2.12. The fourth-order valence-electron chi connectivity index (χ4n) is 2.20. The minimum Gasteiger partial charge on any atom is -0.235 e. The molecule has 0 saturated carbocycles. The number of hydrogen-bond acceptors (Lipinski definition) is 5. The highest BCUT2D eigenvalue weighted by Gasteiger charge is 2.13. The van der Waals surface area contributed by atoms with Crippen LogP contribution in [0.15, 0.2) is 69.1 Å². The Morgan fingerprint density at radius 3 is 2.38 bits per heavy atom. The summed E-state index contributed by atoms with van der Waals surface area (Å²) in [7, 11) is -3.78. The smallest absolute Gasteiger partial charge is 0.235 e. The molecule has 1 heterocycles. The van der Waals surface area contributed by atoms with Crippen LogP contribution in [0.25, 0.3) is 5.69 Å². The van der Waals surface area contributed by atoms with Gasteiger partial charge in [0.1, 0.15) is 11.6 Å². The quantitative estimate of drug-likeness (QED) is 0.641. The van der Waals surface area contributed by atoms with E-state index in [0.29, 0.717) is 17.1 Å². The molecule has 0 amide bonds. The van der Waals surface area contributed by atoms with Crippen LogP contribution < -0.4 is 5.14 Å². The molecule has 0 aliphatic heterocycles. The lowest BCUT2D eigenvalue weighted by atomic mass is 10.2. The van der Waals surface area contributed by atoms with E-state index in [9.17, 15) is 13.7 Å². The molecule has 0 radical (unpaired) electrons. The Morgan fingerprint density at radius 2 is 1.81 bits per heavy atom. The highest BCUT2D eigenvalue weighted by atomic mass is 79.9. The number of halogens is 1. The largest absolute Gasteiger partial charge is 0.238 e. The summed E-state index contributed by atoms with van der Waals surface area (Å²) in [6, 6.07) is 15.4. The number of nitriles is 1. The summed E-state index contributed by atoms with van der Waals surface area (Å²) in [4.78, 5) is 4.37. The summed E-state index contributed by atoms with van der Waals surface area (Å²) >= 11 is 3.37. The standard InChI is InChI=1S/C17H12BrN5O2S/c18-14-3-1-12(2-4-14)10-21-17-13(9-19)11-22-23(17)15-5-7-16(8-6-15)26(20,24)25/h1-8,10-11H,(H2,20,24,25). The number of nitrogens with zero attached hydrogens (tertiary/aromatic N) is 4. The molecule has 2 N–H and O–H groups in total. The first-order valence-corrected chi connectivity index (χ1v) is 9.63. The van der Waals surface area contributed by atoms with Crippen molar-refractivity contribution in [2.75, 3.05) is 0 Å². The van der Waals surface area contributed by atoms with Crippen LogP contribution >= 0.6 is 15.9 Å². The molecule has 0 unspecified atom stereocenters. The monoisotopic (exact) mass is 429 g/mol. The van der Waals surface area contributed by atoms with Gasteiger partial charge in [-0.3, -0.25) is 0 Å². The van der Waals surface area contributed by atoms with Crippen LogP contribution in [0.2, 0.25) is 0 Å². The highest BCUT2D eigenvalue weighted by molar-refractivity contribution is 9.10. The molecule has 2 aromatic carbocycles. The van der Waals surface area contributed by atoms with Crippen LogP contribution in [-0.4, -0.2) is 24.4 Å². The molecular formula is C17H12BrN5O2S. The van der Waals surface area contributed by atoms with Crippen molar-refractivity contribution in [2.24, 2.45) is 10.1 Å². The number of aromatic nitrogens is 2. The van der Waals surface area contributed by atoms with E-state index in [-0.39, 0.29) is 4.90 Å². The minimum absolute atomic E-state index is 0.00572. The predicted octanol–water partition coefficient (Wildman–Crippen LogP) is 2.90. The summed E-state index contributed by atoms with van der Waals surface area (Å²) < 4.78 is 25.1. The van der Waals surface area contributed by atoms with Crippen LogP contribution in [0.4, 0.5) is 5.82 Å². The zero-order chi connectivity index (χ0) is 18.7. The molecule has 0 aliphatic carbocycles. The first-order valence-electron chi connectivity index (χ1n) is 7.29. The van der Waals surface area contributed by atoms with Crippen molar-refractivity contribution in [3.63, 3.8) is 0 Å². The summed E-state index contributed by atoms with van der Waals surface area (Å²) in [6.45, 7) is 0. The number of hydrogen-bond donors (Lipinski definition) is 1. The number of sulfonamides is 1. The zero-order valence-electron chi connectivity index (χ0n) is 13.2. The summed E-state index contributed by atoms with van der Waals surface area (Å²) in [5.41, 5.74) is 1.71. The molecule has 130 valence electrons. The van der Waals surface area contributed by atoms with E-state index in [1.807, 2.05) is 30.3 Å². The van der Waals surface area contributed by atoms with E-state index >= 15 is 0 Å². The van der Waals surface area contributed by atoms with Gasteiger partial charge in [0.15, 0.2) is 5.82 Å². The molecular weight excluding hydrogens is 418 g/mol. The molecule has 0 bridgehead atoms. The fraction of sp³-hybridized carbons (Fsp3) is 0. The summed E-state index contributed by atoms with van der Waals surface area (Å²) in [5, 5.41) is 18.6. The predicted molar refractivity (Wildman–Crippen MR) is 101 cm³/mol. The Balaban J connectivity index is 2.00. The van der Waals surface area contributed by atoms with Gasteiger partial charge in [0.05, 0.1) is 16.8 Å². The third-order valence-electron chi connectivity index (χ3n) is 3.48. The van der Waals surface area contributed by atoms with Crippen LogP contribution in [-0.2, 0) is 10.0 Å². The third kappa shape index (κ3) is 3.88. The Kier molecular flexibility index (Phi) is 4.99. The van der Waals surface area contributed by atoms with Crippen molar-refractivity contribution in [3.8, 4) is 11.8 Å². The van der Waals surface area contributed by atoms with Gasteiger partial charge in [-0.2, -0.15) is 10.4 Å². The summed E-state index contributed by atoms with van der Waals surface area (Å²) in [6.07, 6.45) is 3.03. The van der Waals surface area contributed by atoms with E-state index < -0.39 is 10.0 Å². The van der Waals surface area contributed by atoms with Crippen molar-refractivity contribution in [3.05, 3.63) is 70.3 Å². The van der Waals surface area contributed by atoms with Gasteiger partial charge in [-0.25, -0.2) is 23.2 Å². The molecule has 0 fully saturated rings. The Hall–Kier alpha value is -2.80. The number of benzene rings is 2. The second kappa shape index (κ2) is 7.21. The highest BCUT2D eigenvalue weighted by Crippen LogP contribution is 2.23. The van der Waals surface area contributed by atoms with Gasteiger partial charge in [-0.1, -0.05) is 28.1 Å². The lowest BCUT2D eigenvalue weighted by molar-refractivity contribution is 0.598. The van der Waals surface area contributed by atoms with E-state index in [2.05, 4.69) is 26.0 Å². The van der Waals surface area contributed by atoms with E-state index in [1.165, 1.54) is 23.0 Å². The minimum atomic E-state index is -3.78. The Morgan fingerprint density at radius 1 is 1.15 bits per heavy atom. The zero-order valence-corrected chi connectivity index (χ0v) is 15.6. The second-order valence-electron chi connectivity index (χ2n) is 5.25. The number of nitrogens with two attached hydrogens (primary N) is 1. The molecule has 1 aromatic heterocycles. The molecule has 3 rings (SSSR count). The number of aliphatic imine (C=N–C) groups is 1. The average molecular weight is 430 g/mol. The van der Waals surface area contributed by atoms with Gasteiger partial charge in [0.25, 0.3) is 0 Å². The maximum atomic E-state index is 11.4. The van der Waals surface area contributed by atoms with Gasteiger partial charge in [0.2, 0.25) is 10.0 Å². The average Bonchev–Trinajstić information content (AvgIpc) is 3.03. The molecule has 7 nitrogen and oxygen atoms in total. The molecule has 9 heteroatoms. The Bertz CT molecular complexity index is 1110. The molecule has 0 atom stereocenters. The summed E-state index contributed by atoms with van der Waals surface area (Å²) in [5.74, 6) is 0.346. The van der Waals surface area contributed by atoms with E-state index in [0.717, 1.165) is 10.0 Å². The first-order chi connectivity index (χ1) is 12.4. The molecule has 0 aliphatic rings. The van der Waals surface area contributed by atoms with Crippen LogP contribution in [0.5, 0.6) is 0 Å². The molecule has 0 saturated heterocycles. The molecule has 0 spiro atoms. The van der Waals surface area contributed by atoms with Crippen molar-refractivity contribution in [1.29, 1.82) is 5.26 Å². The maximum absolute atomic E-state index is 11.4. The van der Waals surface area contributed by atoms with Crippen LogP contribution in [0.3, 0.4) is 0 Å². The van der Waals surface area contributed by atoms with Crippen LogP contribution in [0.1, 0.15) is 11.1 Å². The van der Waals surface area contributed by atoms with Gasteiger partial charge in [-0.15, -0.1) is 0 Å². The van der Waals surface area contributed by atoms with Crippen molar-refractivity contribution in [1.82, 2.24) is 9.78 Å². The SMILES string of the molecule is N#Cc1cnn(-c2ccc(S(N)(=O)=O)cc2)c1N=Cc1ccc(Br)cc1. The normalized spacial score (nSPS) is 11.6. The number of rotatable bonds is 4. The Labute approximate surface area is 158 Å². The maximum Gasteiger partial charge on any atom is 0.238 e. The van der Waals surface area contributed by atoms with Crippen molar-refractivity contribution >= 4 is 38.0 Å². The second-order valence-corrected chi connectivity index (χ2v) is 7.73. The lowest BCUT2D eigenvalue weighted by Gasteiger charge is -2.05. The molecule has 3 aromatic rings. The van der Waals surface area contributed by atoms with Gasteiger partial charge in [-0.05, 0) is 42.0 Å². The topological polar surface area (TPSA) is 114 Å². The number of primary sulfonamides is 1. The van der Waals surface area contributed by atoms with Crippen molar-refractivity contribution < 1.29 is 8.42 Å². The van der Waals surface area contributed by atoms with Gasteiger partial charge in [0, 0.05) is 10.7 Å². The van der Waals surface area contributed by atoms with Crippen molar-refractivity contribution in [2.45, 2.75) is 4.90 Å². The van der Waals surface area contributed by atoms with Gasteiger partial charge < -0.3 is 0 Å². The van der Waals surface area contributed by atoms with E-state index in [4.69, 9.17) is 5.14 Å². The van der Waals surface area contributed by atoms with Gasteiger partial charge >= 0.3 is 0 Å². The van der Waals surface area contributed by atoms with Crippen LogP contribution in [0, 0.1) is 11.3 Å². The third-order valence-corrected chi connectivity index (χ3v) is 4.94. The van der Waals surface area contributed by atoms with E-state index in [1.54, 1.807) is 18.3 Å². The first kappa shape index (κ1) is 18.0.